The lowest BCUT2D eigenvalue weighted by Crippen LogP contribution is -2.48. The molecule has 0 aromatic heterocycles. The number of benzene rings is 3. The molecule has 0 heterocycles. The highest BCUT2D eigenvalue weighted by molar-refractivity contribution is 6.02. The molecular weight excluding hydrogens is 504 g/mol. The predicted molar refractivity (Wildman–Crippen MR) is 123 cm³/mol. The molecule has 0 unspecified atom stereocenters. The van der Waals surface area contributed by atoms with Crippen LogP contribution in [0.15, 0.2) is 72.8 Å². The van der Waals surface area contributed by atoms with Gasteiger partial charge in [0.2, 0.25) is 5.91 Å². The number of halogens is 6. The number of hydrogen-bond donors (Lipinski definition) is 4. The van der Waals surface area contributed by atoms with Crippen molar-refractivity contribution >= 4 is 23.2 Å². The van der Waals surface area contributed by atoms with Gasteiger partial charge in [-0.05, 0) is 48.0 Å². The quantitative estimate of drug-likeness (QED) is 0.316. The van der Waals surface area contributed by atoms with Crippen LogP contribution in [-0.4, -0.2) is 29.6 Å². The summed E-state index contributed by atoms with van der Waals surface area (Å²) < 4.78 is 77.1. The molecule has 4 N–H and O–H groups in total. The van der Waals surface area contributed by atoms with Crippen molar-refractivity contribution in [2.24, 2.45) is 0 Å². The zero-order valence-electron chi connectivity index (χ0n) is 19.0. The second-order valence-corrected chi connectivity index (χ2v) is 7.87. The molecule has 0 aliphatic heterocycles. The minimum Gasteiger partial charge on any atom is -0.394 e. The fourth-order valence-electron chi connectivity index (χ4n) is 3.27. The van der Waals surface area contributed by atoms with Gasteiger partial charge in [0.1, 0.15) is 6.04 Å². The Morgan fingerprint density at radius 3 is 2.08 bits per heavy atom. The standard InChI is InChI=1S/C25H21F6N3O3/c26-24(27,28)16-10-8-15(9-11-16)13-32-23(37)21(14-35)34-22(36)19-6-1-2-7-20(19)33-18-5-3-4-17(12-18)25(29,30)31/h1-12,21,33,35H,13-14H2,(H,32,37)(H,34,36)/t21-/m0/s1. The van der Waals surface area contributed by atoms with Crippen LogP contribution in [0.1, 0.15) is 27.0 Å². The van der Waals surface area contributed by atoms with Gasteiger partial charge in [-0.3, -0.25) is 9.59 Å². The first-order chi connectivity index (χ1) is 17.4. The monoisotopic (exact) mass is 525 g/mol. The lowest BCUT2D eigenvalue weighted by atomic mass is 10.1. The minimum atomic E-state index is -4.56. The highest BCUT2D eigenvalue weighted by atomic mass is 19.4. The average molecular weight is 525 g/mol. The molecule has 37 heavy (non-hydrogen) atoms. The van der Waals surface area contributed by atoms with Crippen LogP contribution in [0.5, 0.6) is 0 Å². The Kier molecular flexibility index (Phi) is 8.43. The summed E-state index contributed by atoms with van der Waals surface area (Å²) in [4.78, 5) is 25.3. The van der Waals surface area contributed by atoms with E-state index < -0.39 is 47.9 Å². The number of alkyl halides is 6. The maximum atomic E-state index is 13.0. The van der Waals surface area contributed by atoms with E-state index in [9.17, 15) is 41.0 Å². The smallest absolute Gasteiger partial charge is 0.394 e. The number of para-hydroxylation sites is 1. The number of rotatable bonds is 8. The number of carbonyl (C=O) groups excluding carboxylic acids is 2. The average Bonchev–Trinajstić information content (AvgIpc) is 2.85. The van der Waals surface area contributed by atoms with Gasteiger partial charge < -0.3 is 21.1 Å². The maximum absolute atomic E-state index is 13.0. The van der Waals surface area contributed by atoms with Crippen molar-refractivity contribution in [3.63, 3.8) is 0 Å². The van der Waals surface area contributed by atoms with E-state index in [1.807, 2.05) is 0 Å². The zero-order valence-corrected chi connectivity index (χ0v) is 19.0. The van der Waals surface area contributed by atoms with Crippen LogP contribution in [0.2, 0.25) is 0 Å². The fourth-order valence-corrected chi connectivity index (χ4v) is 3.27. The Labute approximate surface area is 207 Å². The van der Waals surface area contributed by atoms with Gasteiger partial charge in [0.25, 0.3) is 5.91 Å². The van der Waals surface area contributed by atoms with Crippen molar-refractivity contribution in [2.75, 3.05) is 11.9 Å². The van der Waals surface area contributed by atoms with E-state index in [-0.39, 0.29) is 23.5 Å². The van der Waals surface area contributed by atoms with Crippen molar-refractivity contribution in [3.8, 4) is 0 Å². The molecule has 0 saturated heterocycles. The topological polar surface area (TPSA) is 90.5 Å². The van der Waals surface area contributed by atoms with E-state index >= 15 is 0 Å². The normalized spacial score (nSPS) is 12.5. The molecule has 0 radical (unpaired) electrons. The van der Waals surface area contributed by atoms with Crippen LogP contribution >= 0.6 is 0 Å². The Morgan fingerprint density at radius 1 is 0.811 bits per heavy atom. The highest BCUT2D eigenvalue weighted by Crippen LogP contribution is 2.32. The number of aliphatic hydroxyl groups excluding tert-OH is 1. The van der Waals surface area contributed by atoms with E-state index in [1.54, 1.807) is 6.07 Å². The molecule has 2 amide bonds. The van der Waals surface area contributed by atoms with Crippen LogP contribution in [0.4, 0.5) is 37.7 Å². The van der Waals surface area contributed by atoms with Gasteiger partial charge in [-0.2, -0.15) is 26.3 Å². The molecular formula is C25H21F6N3O3. The molecule has 0 bridgehead atoms. The largest absolute Gasteiger partial charge is 0.416 e. The Morgan fingerprint density at radius 2 is 1.46 bits per heavy atom. The zero-order chi connectivity index (χ0) is 27.2. The molecule has 12 heteroatoms. The van der Waals surface area contributed by atoms with Gasteiger partial charge in [-0.1, -0.05) is 30.3 Å². The summed E-state index contributed by atoms with van der Waals surface area (Å²) in [7, 11) is 0. The molecule has 0 aliphatic rings. The van der Waals surface area contributed by atoms with E-state index in [0.717, 1.165) is 24.3 Å². The number of anilines is 2. The first kappa shape index (κ1) is 27.5. The summed E-state index contributed by atoms with van der Waals surface area (Å²) in [6, 6.07) is 12.9. The number of aliphatic hydroxyl groups is 1. The molecule has 1 atom stereocenters. The third-order valence-corrected chi connectivity index (χ3v) is 5.19. The summed E-state index contributed by atoms with van der Waals surface area (Å²) in [6.45, 7) is -0.940. The predicted octanol–water partition coefficient (Wildman–Crippen LogP) is 4.87. The Balaban J connectivity index is 1.66. The molecule has 3 rings (SSSR count). The first-order valence-electron chi connectivity index (χ1n) is 10.8. The van der Waals surface area contributed by atoms with E-state index in [4.69, 9.17) is 0 Å². The third-order valence-electron chi connectivity index (χ3n) is 5.19. The molecule has 0 fully saturated rings. The lowest BCUT2D eigenvalue weighted by Gasteiger charge is -2.18. The molecule has 6 nitrogen and oxygen atoms in total. The van der Waals surface area contributed by atoms with Crippen molar-refractivity contribution in [1.29, 1.82) is 0 Å². The molecule has 0 spiro atoms. The molecule has 3 aromatic carbocycles. The van der Waals surface area contributed by atoms with Crippen LogP contribution in [-0.2, 0) is 23.7 Å². The number of amides is 2. The minimum absolute atomic E-state index is 0.00565. The molecule has 3 aromatic rings. The van der Waals surface area contributed by atoms with Gasteiger partial charge >= 0.3 is 12.4 Å². The van der Waals surface area contributed by atoms with Gasteiger partial charge in [0, 0.05) is 12.2 Å². The summed E-state index contributed by atoms with van der Waals surface area (Å²) >= 11 is 0. The fraction of sp³-hybridized carbons (Fsp3) is 0.200. The van der Waals surface area contributed by atoms with Crippen molar-refractivity contribution < 1.29 is 41.0 Å². The van der Waals surface area contributed by atoms with Gasteiger partial charge in [0.05, 0.1) is 29.0 Å². The summed E-state index contributed by atoms with van der Waals surface area (Å²) in [5, 5.41) is 17.1. The molecule has 196 valence electrons. The van der Waals surface area contributed by atoms with Crippen molar-refractivity contribution in [2.45, 2.75) is 24.9 Å². The van der Waals surface area contributed by atoms with Gasteiger partial charge in [-0.15, -0.1) is 0 Å². The molecule has 0 aliphatic carbocycles. The number of nitrogens with one attached hydrogen (secondary N) is 3. The maximum Gasteiger partial charge on any atom is 0.416 e. The summed E-state index contributed by atoms with van der Waals surface area (Å²) in [5.74, 6) is -1.59. The van der Waals surface area contributed by atoms with Crippen LogP contribution in [0, 0.1) is 0 Å². The Bertz CT molecular complexity index is 1240. The van der Waals surface area contributed by atoms with Gasteiger partial charge in [-0.25, -0.2) is 0 Å². The van der Waals surface area contributed by atoms with Crippen LogP contribution in [0.25, 0.3) is 0 Å². The first-order valence-corrected chi connectivity index (χ1v) is 10.8. The number of hydrogen-bond acceptors (Lipinski definition) is 4. The van der Waals surface area contributed by atoms with Gasteiger partial charge in [0.15, 0.2) is 0 Å². The van der Waals surface area contributed by atoms with Crippen molar-refractivity contribution in [1.82, 2.24) is 10.6 Å². The lowest BCUT2D eigenvalue weighted by molar-refractivity contribution is -0.138. The second-order valence-electron chi connectivity index (χ2n) is 7.87. The summed E-state index contributed by atoms with van der Waals surface area (Å²) in [6.07, 6.45) is -9.06. The van der Waals surface area contributed by atoms with Crippen molar-refractivity contribution in [3.05, 3.63) is 95.1 Å². The number of carbonyl (C=O) groups is 2. The van der Waals surface area contributed by atoms with E-state index in [0.29, 0.717) is 5.56 Å². The Hall–Kier alpha value is -4.06. The van der Waals surface area contributed by atoms with E-state index in [2.05, 4.69) is 16.0 Å². The SMILES string of the molecule is O=C(N[C@@H](CO)C(=O)NCc1ccc(C(F)(F)F)cc1)c1ccccc1Nc1cccc(C(F)(F)F)c1. The summed E-state index contributed by atoms with van der Waals surface area (Å²) in [5.41, 5.74) is -1.15. The molecule has 0 saturated carbocycles. The second kappa shape index (κ2) is 11.3. The highest BCUT2D eigenvalue weighted by Gasteiger charge is 2.31. The van der Waals surface area contributed by atoms with E-state index in [1.165, 1.54) is 42.5 Å². The van der Waals surface area contributed by atoms with Crippen LogP contribution in [0.3, 0.4) is 0 Å². The van der Waals surface area contributed by atoms with Crippen LogP contribution < -0.4 is 16.0 Å². The third kappa shape index (κ3) is 7.46.